The lowest BCUT2D eigenvalue weighted by Crippen LogP contribution is -2.39. The molecule has 5 nitrogen and oxygen atoms in total. The van der Waals surface area contributed by atoms with Crippen LogP contribution in [-0.2, 0) is 9.59 Å². The standard InChI is InChI=1S/C21H26N2O3S/c1-14-7-6-8-15(2)20(14)22-19(24)13-23(4)21(25)16(3)27-18-11-9-17(26-5)10-12-18/h6-12,16H,13H2,1-5H3,(H,22,24). The minimum absolute atomic E-state index is 0.0140. The molecule has 0 saturated carbocycles. The third kappa shape index (κ3) is 5.76. The number of amides is 2. The molecule has 0 spiro atoms. The van der Waals surface area contributed by atoms with E-state index < -0.39 is 0 Å². The molecule has 0 aliphatic heterocycles. The maximum absolute atomic E-state index is 12.6. The van der Waals surface area contributed by atoms with E-state index in [4.69, 9.17) is 4.74 Å². The van der Waals surface area contributed by atoms with E-state index in [0.29, 0.717) is 0 Å². The number of nitrogens with one attached hydrogen (secondary N) is 1. The van der Waals surface area contributed by atoms with Crippen molar-refractivity contribution < 1.29 is 14.3 Å². The minimum atomic E-state index is -0.295. The zero-order valence-corrected chi connectivity index (χ0v) is 17.2. The van der Waals surface area contributed by atoms with Gasteiger partial charge in [0.2, 0.25) is 11.8 Å². The van der Waals surface area contributed by atoms with Crippen LogP contribution in [0, 0.1) is 13.8 Å². The van der Waals surface area contributed by atoms with Crippen LogP contribution in [0.5, 0.6) is 5.75 Å². The number of rotatable bonds is 7. The normalized spacial score (nSPS) is 11.6. The summed E-state index contributed by atoms with van der Waals surface area (Å²) in [5.74, 6) is 0.482. The molecular weight excluding hydrogens is 360 g/mol. The van der Waals surface area contributed by atoms with Crippen LogP contribution in [0.3, 0.4) is 0 Å². The number of hydrogen-bond acceptors (Lipinski definition) is 4. The highest BCUT2D eigenvalue weighted by Crippen LogP contribution is 2.26. The van der Waals surface area contributed by atoms with Crippen molar-refractivity contribution in [2.24, 2.45) is 0 Å². The number of ether oxygens (including phenoxy) is 1. The van der Waals surface area contributed by atoms with E-state index in [1.807, 2.05) is 63.2 Å². The Labute approximate surface area is 165 Å². The summed E-state index contributed by atoms with van der Waals surface area (Å²) in [6.07, 6.45) is 0. The van der Waals surface area contributed by atoms with Crippen LogP contribution in [0.1, 0.15) is 18.1 Å². The Morgan fingerprint density at radius 3 is 2.26 bits per heavy atom. The molecule has 2 amide bonds. The molecular formula is C21H26N2O3S. The maximum Gasteiger partial charge on any atom is 0.243 e. The fourth-order valence-electron chi connectivity index (χ4n) is 2.70. The molecule has 0 aliphatic carbocycles. The molecule has 2 rings (SSSR count). The van der Waals surface area contributed by atoms with E-state index in [0.717, 1.165) is 27.5 Å². The number of nitrogens with zero attached hydrogens (tertiary/aromatic N) is 1. The summed E-state index contributed by atoms with van der Waals surface area (Å²) in [6, 6.07) is 13.4. The second-order valence-electron chi connectivity index (χ2n) is 6.44. The average Bonchev–Trinajstić information content (AvgIpc) is 2.64. The van der Waals surface area contributed by atoms with Gasteiger partial charge < -0.3 is 15.0 Å². The van der Waals surface area contributed by atoms with Crippen LogP contribution >= 0.6 is 11.8 Å². The zero-order valence-electron chi connectivity index (χ0n) is 16.4. The van der Waals surface area contributed by atoms with E-state index in [1.54, 1.807) is 14.2 Å². The highest BCUT2D eigenvalue weighted by atomic mass is 32.2. The summed E-state index contributed by atoms with van der Waals surface area (Å²) in [5, 5.41) is 2.62. The topological polar surface area (TPSA) is 58.6 Å². The summed E-state index contributed by atoms with van der Waals surface area (Å²) >= 11 is 1.46. The van der Waals surface area contributed by atoms with Crippen LogP contribution in [0.25, 0.3) is 0 Å². The summed E-state index contributed by atoms with van der Waals surface area (Å²) in [5.41, 5.74) is 2.81. The predicted molar refractivity (Wildman–Crippen MR) is 110 cm³/mol. The van der Waals surface area contributed by atoms with Gasteiger partial charge in [-0.1, -0.05) is 18.2 Å². The van der Waals surface area contributed by atoms with Crippen molar-refractivity contribution >= 4 is 29.3 Å². The molecule has 0 heterocycles. The lowest BCUT2D eigenvalue weighted by atomic mass is 10.1. The van der Waals surface area contributed by atoms with Gasteiger partial charge in [0.05, 0.1) is 18.9 Å². The molecule has 1 atom stereocenters. The first-order valence-electron chi connectivity index (χ1n) is 8.73. The van der Waals surface area contributed by atoms with Crippen molar-refractivity contribution in [3.63, 3.8) is 0 Å². The van der Waals surface area contributed by atoms with Gasteiger partial charge in [-0.25, -0.2) is 0 Å². The van der Waals surface area contributed by atoms with Gasteiger partial charge in [0, 0.05) is 17.6 Å². The molecule has 0 aromatic heterocycles. The number of thioether (sulfide) groups is 1. The van der Waals surface area contributed by atoms with Crippen LogP contribution in [0.15, 0.2) is 47.4 Å². The highest BCUT2D eigenvalue weighted by molar-refractivity contribution is 8.00. The molecule has 1 N–H and O–H groups in total. The Kier molecular flexibility index (Phi) is 7.30. The number of aryl methyl sites for hydroxylation is 2. The summed E-state index contributed by atoms with van der Waals surface area (Å²) < 4.78 is 5.14. The highest BCUT2D eigenvalue weighted by Gasteiger charge is 2.21. The quantitative estimate of drug-likeness (QED) is 0.734. The number of likely N-dealkylation sites (N-methyl/N-ethyl adjacent to an activating group) is 1. The van der Waals surface area contributed by atoms with Gasteiger partial charge in [-0.15, -0.1) is 11.8 Å². The predicted octanol–water partition coefficient (Wildman–Crippen LogP) is 3.89. The van der Waals surface area contributed by atoms with Crippen molar-refractivity contribution in [1.82, 2.24) is 4.90 Å². The summed E-state index contributed by atoms with van der Waals surface area (Å²) in [6.45, 7) is 5.76. The van der Waals surface area contributed by atoms with Gasteiger partial charge in [0.1, 0.15) is 5.75 Å². The average molecular weight is 387 g/mol. The van der Waals surface area contributed by atoms with Crippen molar-refractivity contribution in [2.45, 2.75) is 30.9 Å². The Balaban J connectivity index is 1.92. The molecule has 0 bridgehead atoms. The molecule has 2 aromatic carbocycles. The number of methoxy groups -OCH3 is 1. The number of carbonyl (C=O) groups is 2. The molecule has 144 valence electrons. The Morgan fingerprint density at radius 1 is 1.11 bits per heavy atom. The number of anilines is 1. The minimum Gasteiger partial charge on any atom is -0.497 e. The maximum atomic E-state index is 12.6. The SMILES string of the molecule is COc1ccc(SC(C)C(=O)N(C)CC(=O)Nc2c(C)cccc2C)cc1. The van der Waals surface area contributed by atoms with E-state index in [1.165, 1.54) is 16.7 Å². The largest absolute Gasteiger partial charge is 0.497 e. The first kappa shape index (κ1) is 20.8. The third-order valence-corrected chi connectivity index (χ3v) is 5.32. The van der Waals surface area contributed by atoms with Gasteiger partial charge in [-0.3, -0.25) is 9.59 Å². The second-order valence-corrected chi connectivity index (χ2v) is 7.86. The first-order chi connectivity index (χ1) is 12.8. The van der Waals surface area contributed by atoms with Gasteiger partial charge in [-0.05, 0) is 56.2 Å². The zero-order chi connectivity index (χ0) is 20.0. The molecule has 0 radical (unpaired) electrons. The summed E-state index contributed by atoms with van der Waals surface area (Å²) in [4.78, 5) is 27.4. The van der Waals surface area contributed by atoms with Crippen LogP contribution in [-0.4, -0.2) is 42.7 Å². The van der Waals surface area contributed by atoms with Crippen LogP contribution < -0.4 is 10.1 Å². The molecule has 27 heavy (non-hydrogen) atoms. The van der Waals surface area contributed by atoms with Crippen molar-refractivity contribution in [3.05, 3.63) is 53.6 Å². The fraction of sp³-hybridized carbons (Fsp3) is 0.333. The number of para-hydroxylation sites is 1. The lowest BCUT2D eigenvalue weighted by Gasteiger charge is -2.21. The van der Waals surface area contributed by atoms with E-state index in [2.05, 4.69) is 5.32 Å². The van der Waals surface area contributed by atoms with Gasteiger partial charge in [0.25, 0.3) is 0 Å². The van der Waals surface area contributed by atoms with Gasteiger partial charge in [-0.2, -0.15) is 0 Å². The van der Waals surface area contributed by atoms with Gasteiger partial charge >= 0.3 is 0 Å². The third-order valence-electron chi connectivity index (χ3n) is 4.22. The van der Waals surface area contributed by atoms with E-state index in [-0.39, 0.29) is 23.6 Å². The molecule has 2 aromatic rings. The molecule has 6 heteroatoms. The van der Waals surface area contributed by atoms with Crippen LogP contribution in [0.4, 0.5) is 5.69 Å². The second kappa shape index (κ2) is 9.46. The first-order valence-corrected chi connectivity index (χ1v) is 9.61. The smallest absolute Gasteiger partial charge is 0.243 e. The molecule has 0 saturated heterocycles. The fourth-order valence-corrected chi connectivity index (χ4v) is 3.69. The lowest BCUT2D eigenvalue weighted by molar-refractivity contribution is -0.132. The van der Waals surface area contributed by atoms with E-state index in [9.17, 15) is 9.59 Å². The Hall–Kier alpha value is -2.47. The molecule has 0 aliphatic rings. The number of carbonyl (C=O) groups excluding carboxylic acids is 2. The monoisotopic (exact) mass is 386 g/mol. The van der Waals surface area contributed by atoms with Gasteiger partial charge in [0.15, 0.2) is 0 Å². The van der Waals surface area contributed by atoms with Crippen molar-refractivity contribution in [2.75, 3.05) is 26.0 Å². The van der Waals surface area contributed by atoms with E-state index >= 15 is 0 Å². The van der Waals surface area contributed by atoms with Crippen molar-refractivity contribution in [3.8, 4) is 5.75 Å². The number of hydrogen-bond donors (Lipinski definition) is 1. The molecule has 1 unspecified atom stereocenters. The Morgan fingerprint density at radius 2 is 1.70 bits per heavy atom. The Bertz CT molecular complexity index is 785. The van der Waals surface area contributed by atoms with Crippen molar-refractivity contribution in [1.29, 1.82) is 0 Å². The number of benzene rings is 2. The summed E-state index contributed by atoms with van der Waals surface area (Å²) in [7, 11) is 3.27. The van der Waals surface area contributed by atoms with Crippen LogP contribution in [0.2, 0.25) is 0 Å². The molecule has 0 fully saturated rings.